The van der Waals surface area contributed by atoms with Crippen LogP contribution in [0.5, 0.6) is 0 Å². The molecule has 2 aromatic heterocycles. The van der Waals surface area contributed by atoms with Gasteiger partial charge >= 0.3 is 6.03 Å². The van der Waals surface area contributed by atoms with Gasteiger partial charge in [-0.25, -0.2) is 9.78 Å². The number of aliphatic hydroxyl groups excluding tert-OH is 2. The molecular weight excluding hydrogens is 574 g/mol. The van der Waals surface area contributed by atoms with E-state index in [9.17, 15) is 19.8 Å². The van der Waals surface area contributed by atoms with Crippen molar-refractivity contribution < 1.29 is 19.8 Å². The van der Waals surface area contributed by atoms with Crippen molar-refractivity contribution >= 4 is 34.9 Å². The SMILES string of the molecule is CCC(=O)N[C@H]1C[C@@H](n2cnc3c(NCC(c4ccccc4)c4ccccc4)nc(N4CC[C@@H](NC(N)=O)C4)nc32)[C@H](O)[C@@H]1O. The number of benzene rings is 2. The fourth-order valence-electron chi connectivity index (χ4n) is 6.41. The molecule has 3 heterocycles. The van der Waals surface area contributed by atoms with Crippen molar-refractivity contribution in [2.75, 3.05) is 29.9 Å². The predicted octanol–water partition coefficient (Wildman–Crippen LogP) is 1.88. The maximum atomic E-state index is 12.1. The van der Waals surface area contributed by atoms with E-state index in [-0.39, 0.29) is 24.3 Å². The highest BCUT2D eigenvalue weighted by Gasteiger charge is 2.44. The van der Waals surface area contributed by atoms with Crippen molar-refractivity contribution in [1.29, 1.82) is 0 Å². The number of carbonyl (C=O) groups excluding carboxylic acids is 2. The molecule has 2 aromatic carbocycles. The number of hydrogen-bond acceptors (Lipinski definition) is 9. The predicted molar refractivity (Wildman–Crippen MR) is 170 cm³/mol. The van der Waals surface area contributed by atoms with Gasteiger partial charge in [-0.15, -0.1) is 0 Å². The number of carbonyl (C=O) groups is 2. The minimum Gasteiger partial charge on any atom is -0.388 e. The zero-order valence-corrected chi connectivity index (χ0v) is 25.1. The molecule has 13 heteroatoms. The monoisotopic (exact) mass is 613 g/mol. The fourth-order valence-corrected chi connectivity index (χ4v) is 6.41. The Bertz CT molecular complexity index is 1590. The molecule has 0 spiro atoms. The molecule has 1 saturated carbocycles. The number of amides is 3. The van der Waals surface area contributed by atoms with Gasteiger partial charge < -0.3 is 41.4 Å². The number of anilines is 2. The number of aromatic nitrogens is 4. The maximum Gasteiger partial charge on any atom is 0.312 e. The summed E-state index contributed by atoms with van der Waals surface area (Å²) < 4.78 is 1.76. The van der Waals surface area contributed by atoms with Crippen LogP contribution in [0, 0.1) is 0 Å². The molecule has 4 aromatic rings. The molecule has 2 fully saturated rings. The number of primary amides is 1. The Balaban J connectivity index is 1.36. The highest BCUT2D eigenvalue weighted by molar-refractivity contribution is 5.85. The lowest BCUT2D eigenvalue weighted by Crippen LogP contribution is -2.42. The maximum absolute atomic E-state index is 12.1. The average Bonchev–Trinajstić information content (AvgIpc) is 3.76. The third kappa shape index (κ3) is 6.40. The number of nitrogens with zero attached hydrogens (tertiary/aromatic N) is 5. The quantitative estimate of drug-likeness (QED) is 0.155. The van der Waals surface area contributed by atoms with E-state index < -0.39 is 30.3 Å². The Labute approximate surface area is 260 Å². The van der Waals surface area contributed by atoms with E-state index in [2.05, 4.69) is 45.2 Å². The van der Waals surface area contributed by atoms with Crippen LogP contribution in [0.2, 0.25) is 0 Å². The normalized spacial score (nSPS) is 23.0. The van der Waals surface area contributed by atoms with Crippen LogP contribution in [0.4, 0.5) is 16.6 Å². The molecule has 5 atom stereocenters. The molecular formula is C32H39N9O4. The van der Waals surface area contributed by atoms with Crippen LogP contribution in [0.15, 0.2) is 67.0 Å². The molecule has 1 aliphatic carbocycles. The number of imidazole rings is 1. The zero-order valence-electron chi connectivity index (χ0n) is 25.1. The summed E-state index contributed by atoms with van der Waals surface area (Å²) in [5, 5.41) is 31.0. The van der Waals surface area contributed by atoms with Gasteiger partial charge in [-0.2, -0.15) is 9.97 Å². The standard InChI is InChI=1S/C32H39N9O4/c1-2-25(42)37-23-15-24(28(44)27(23)43)41-18-35-26-29(38-32(39-30(26)41)40-14-13-21(17-40)36-31(33)45)34-16-22(19-9-5-3-6-10-19)20-11-7-4-8-12-20/h3-12,18,21-24,27-28,43-44H,2,13-17H2,1H3,(H,37,42)(H3,33,36,45)(H,34,38,39)/t21-,23+,24-,27-,28+/m1/s1. The molecule has 7 N–H and O–H groups in total. The van der Waals surface area contributed by atoms with Gasteiger partial charge in [0.15, 0.2) is 17.0 Å². The lowest BCUT2D eigenvalue weighted by atomic mass is 9.91. The largest absolute Gasteiger partial charge is 0.388 e. The number of nitrogens with one attached hydrogen (secondary N) is 3. The van der Waals surface area contributed by atoms with Crippen LogP contribution < -0.4 is 26.6 Å². The molecule has 13 nitrogen and oxygen atoms in total. The van der Waals surface area contributed by atoms with Crippen molar-refractivity contribution in [3.63, 3.8) is 0 Å². The summed E-state index contributed by atoms with van der Waals surface area (Å²) in [6.45, 7) is 3.35. The molecule has 0 unspecified atom stereocenters. The smallest absolute Gasteiger partial charge is 0.312 e. The van der Waals surface area contributed by atoms with Crippen LogP contribution in [-0.4, -0.2) is 85.6 Å². The van der Waals surface area contributed by atoms with E-state index >= 15 is 0 Å². The molecule has 1 saturated heterocycles. The molecule has 3 amide bonds. The second-order valence-corrected chi connectivity index (χ2v) is 11.7. The van der Waals surface area contributed by atoms with Crippen molar-refractivity contribution in [2.45, 2.75) is 62.4 Å². The first-order valence-electron chi connectivity index (χ1n) is 15.4. The van der Waals surface area contributed by atoms with Crippen LogP contribution in [0.1, 0.15) is 49.3 Å². The first-order valence-corrected chi connectivity index (χ1v) is 15.4. The third-order valence-corrected chi connectivity index (χ3v) is 8.78. The van der Waals surface area contributed by atoms with Gasteiger partial charge in [-0.1, -0.05) is 67.6 Å². The minimum absolute atomic E-state index is 0.0219. The molecule has 0 bridgehead atoms. The van der Waals surface area contributed by atoms with Gasteiger partial charge in [0.25, 0.3) is 0 Å². The summed E-state index contributed by atoms with van der Waals surface area (Å²) in [5.74, 6) is 0.799. The highest BCUT2D eigenvalue weighted by Crippen LogP contribution is 2.35. The second kappa shape index (κ2) is 13.1. The van der Waals surface area contributed by atoms with Crippen LogP contribution in [0.3, 0.4) is 0 Å². The van der Waals surface area contributed by atoms with Gasteiger partial charge in [0, 0.05) is 38.0 Å². The van der Waals surface area contributed by atoms with Crippen molar-refractivity contribution in [3.8, 4) is 0 Å². The van der Waals surface area contributed by atoms with Crippen molar-refractivity contribution in [1.82, 2.24) is 30.2 Å². The Morgan fingerprint density at radius 1 is 1.00 bits per heavy atom. The third-order valence-electron chi connectivity index (χ3n) is 8.78. The summed E-state index contributed by atoms with van der Waals surface area (Å²) in [6, 6.07) is 18.6. The lowest BCUT2D eigenvalue weighted by Gasteiger charge is -2.22. The Hall–Kier alpha value is -4.75. The van der Waals surface area contributed by atoms with E-state index in [0.29, 0.717) is 55.4 Å². The summed E-state index contributed by atoms with van der Waals surface area (Å²) in [5.41, 5.74) is 8.68. The summed E-state index contributed by atoms with van der Waals surface area (Å²) in [4.78, 5) is 40.1. The van der Waals surface area contributed by atoms with E-state index in [1.807, 2.05) is 41.3 Å². The van der Waals surface area contributed by atoms with Crippen LogP contribution in [-0.2, 0) is 4.79 Å². The van der Waals surface area contributed by atoms with E-state index in [0.717, 1.165) is 11.1 Å². The Morgan fingerprint density at radius 2 is 1.69 bits per heavy atom. The van der Waals surface area contributed by atoms with E-state index in [1.54, 1.807) is 17.8 Å². The molecule has 45 heavy (non-hydrogen) atoms. The first kappa shape index (κ1) is 30.3. The second-order valence-electron chi connectivity index (χ2n) is 11.7. The number of nitrogens with two attached hydrogens (primary N) is 1. The average molecular weight is 614 g/mol. The van der Waals surface area contributed by atoms with Crippen LogP contribution >= 0.6 is 0 Å². The zero-order chi connectivity index (χ0) is 31.5. The Morgan fingerprint density at radius 3 is 2.33 bits per heavy atom. The number of urea groups is 1. The van der Waals surface area contributed by atoms with Gasteiger partial charge in [0.2, 0.25) is 11.9 Å². The summed E-state index contributed by atoms with van der Waals surface area (Å²) in [6.07, 6.45) is 0.585. The number of hydrogen-bond donors (Lipinski definition) is 6. The lowest BCUT2D eigenvalue weighted by molar-refractivity contribution is -0.122. The Kier molecular flexibility index (Phi) is 8.80. The number of aliphatic hydroxyl groups is 2. The van der Waals surface area contributed by atoms with Crippen LogP contribution in [0.25, 0.3) is 11.2 Å². The number of fused-ring (bicyclic) bond motifs is 1. The minimum atomic E-state index is -1.14. The van der Waals surface area contributed by atoms with Gasteiger partial charge in [0.1, 0.15) is 12.2 Å². The van der Waals surface area contributed by atoms with E-state index in [1.165, 1.54) is 0 Å². The first-order chi connectivity index (χ1) is 21.8. The van der Waals surface area contributed by atoms with Gasteiger partial charge in [-0.05, 0) is 24.0 Å². The van der Waals surface area contributed by atoms with Gasteiger partial charge in [-0.3, -0.25) is 4.79 Å². The summed E-state index contributed by atoms with van der Waals surface area (Å²) in [7, 11) is 0. The van der Waals surface area contributed by atoms with Crippen molar-refractivity contribution in [2.24, 2.45) is 5.73 Å². The topological polar surface area (TPSA) is 184 Å². The van der Waals surface area contributed by atoms with Gasteiger partial charge in [0.05, 0.1) is 18.4 Å². The highest BCUT2D eigenvalue weighted by atomic mass is 16.3. The molecule has 0 radical (unpaired) electrons. The molecule has 1 aliphatic heterocycles. The van der Waals surface area contributed by atoms with Crippen molar-refractivity contribution in [3.05, 3.63) is 78.1 Å². The number of rotatable bonds is 10. The molecule has 6 rings (SSSR count). The molecule has 2 aliphatic rings. The van der Waals surface area contributed by atoms with E-state index in [4.69, 9.17) is 15.7 Å². The molecule has 236 valence electrons. The summed E-state index contributed by atoms with van der Waals surface area (Å²) >= 11 is 0. The fraction of sp³-hybridized carbons (Fsp3) is 0.406.